The molecule has 2 aromatic rings. The number of rotatable bonds is 4. The highest BCUT2D eigenvalue weighted by Crippen LogP contribution is 2.24. The zero-order chi connectivity index (χ0) is 12.1. The Morgan fingerprint density at radius 3 is 2.18 bits per heavy atom. The van der Waals surface area contributed by atoms with Gasteiger partial charge in [-0.05, 0) is 42.2 Å². The molecule has 0 amide bonds. The first-order valence-corrected chi connectivity index (χ1v) is 5.97. The first-order chi connectivity index (χ1) is 8.29. The fourth-order valence-corrected chi connectivity index (χ4v) is 1.64. The van der Waals surface area contributed by atoms with E-state index >= 15 is 0 Å². The second kappa shape index (κ2) is 5.48. The highest BCUT2D eigenvalue weighted by molar-refractivity contribution is 5.33. The molecule has 1 atom stereocenters. The number of benzene rings is 1. The lowest BCUT2D eigenvalue weighted by atomic mass is 9.99. The van der Waals surface area contributed by atoms with Crippen molar-refractivity contribution in [3.63, 3.8) is 0 Å². The minimum atomic E-state index is 0.602. The summed E-state index contributed by atoms with van der Waals surface area (Å²) in [5, 5.41) is 0. The number of pyridine rings is 1. The first kappa shape index (κ1) is 11.6. The van der Waals surface area contributed by atoms with E-state index < -0.39 is 0 Å². The molecule has 2 heteroatoms. The first-order valence-electron chi connectivity index (χ1n) is 5.97. The number of ether oxygens (including phenoxy) is 1. The minimum absolute atomic E-state index is 0.602. The van der Waals surface area contributed by atoms with Gasteiger partial charge in [0, 0.05) is 12.4 Å². The van der Waals surface area contributed by atoms with Crippen LogP contribution in [0.4, 0.5) is 0 Å². The Morgan fingerprint density at radius 2 is 1.59 bits per heavy atom. The molecule has 0 aliphatic heterocycles. The van der Waals surface area contributed by atoms with Crippen molar-refractivity contribution in [2.24, 2.45) is 0 Å². The van der Waals surface area contributed by atoms with Crippen LogP contribution < -0.4 is 4.74 Å². The third-order valence-electron chi connectivity index (χ3n) is 2.95. The lowest BCUT2D eigenvalue weighted by Gasteiger charge is -2.10. The van der Waals surface area contributed by atoms with Gasteiger partial charge >= 0.3 is 0 Å². The Bertz CT molecular complexity index is 450. The third kappa shape index (κ3) is 3.06. The van der Waals surface area contributed by atoms with Crippen LogP contribution in [0.25, 0.3) is 0 Å². The van der Waals surface area contributed by atoms with Gasteiger partial charge in [-0.2, -0.15) is 0 Å². The molecule has 1 aromatic heterocycles. The van der Waals surface area contributed by atoms with Crippen LogP contribution >= 0.6 is 0 Å². The lowest BCUT2D eigenvalue weighted by molar-refractivity contribution is 0.481. The van der Waals surface area contributed by atoms with Gasteiger partial charge in [0.05, 0.1) is 0 Å². The van der Waals surface area contributed by atoms with Gasteiger partial charge in [-0.15, -0.1) is 0 Å². The molecule has 0 fully saturated rings. The van der Waals surface area contributed by atoms with Crippen molar-refractivity contribution in [2.75, 3.05) is 0 Å². The second-order valence-electron chi connectivity index (χ2n) is 4.16. The van der Waals surface area contributed by atoms with E-state index in [0.29, 0.717) is 5.92 Å². The van der Waals surface area contributed by atoms with Crippen LogP contribution in [0.3, 0.4) is 0 Å². The van der Waals surface area contributed by atoms with E-state index in [-0.39, 0.29) is 0 Å². The normalized spacial score (nSPS) is 12.1. The molecular formula is C15H17NO. The van der Waals surface area contributed by atoms with Crippen LogP contribution in [0, 0.1) is 0 Å². The Balaban J connectivity index is 2.08. The average Bonchev–Trinajstić information content (AvgIpc) is 2.40. The molecule has 0 N–H and O–H groups in total. The van der Waals surface area contributed by atoms with E-state index in [2.05, 4.69) is 31.0 Å². The Morgan fingerprint density at radius 1 is 1.00 bits per heavy atom. The Hall–Kier alpha value is -1.83. The summed E-state index contributed by atoms with van der Waals surface area (Å²) in [6.07, 6.45) is 4.61. The van der Waals surface area contributed by atoms with E-state index in [1.807, 2.05) is 24.3 Å². The molecule has 2 rings (SSSR count). The number of nitrogens with zero attached hydrogens (tertiary/aromatic N) is 1. The number of aromatic nitrogens is 1. The van der Waals surface area contributed by atoms with Crippen LogP contribution in [-0.2, 0) is 0 Å². The van der Waals surface area contributed by atoms with Crippen molar-refractivity contribution in [2.45, 2.75) is 26.2 Å². The molecule has 1 unspecified atom stereocenters. The van der Waals surface area contributed by atoms with Crippen LogP contribution in [-0.4, -0.2) is 4.98 Å². The van der Waals surface area contributed by atoms with Gasteiger partial charge in [-0.3, -0.25) is 4.98 Å². The number of hydrogen-bond acceptors (Lipinski definition) is 2. The highest BCUT2D eigenvalue weighted by Gasteiger charge is 2.03. The molecule has 0 saturated heterocycles. The van der Waals surface area contributed by atoms with Gasteiger partial charge in [0.25, 0.3) is 0 Å². The molecule has 0 radical (unpaired) electrons. The summed E-state index contributed by atoms with van der Waals surface area (Å²) in [5.74, 6) is 2.28. The quantitative estimate of drug-likeness (QED) is 0.773. The zero-order valence-corrected chi connectivity index (χ0v) is 10.3. The molecule has 17 heavy (non-hydrogen) atoms. The summed E-state index contributed by atoms with van der Waals surface area (Å²) in [6.45, 7) is 4.44. The molecule has 88 valence electrons. The van der Waals surface area contributed by atoms with Gasteiger partial charge in [0.2, 0.25) is 0 Å². The second-order valence-corrected chi connectivity index (χ2v) is 4.16. The van der Waals surface area contributed by atoms with Gasteiger partial charge in [-0.1, -0.05) is 26.0 Å². The predicted molar refractivity (Wildman–Crippen MR) is 69.5 cm³/mol. The zero-order valence-electron chi connectivity index (χ0n) is 10.3. The van der Waals surface area contributed by atoms with Crippen LogP contribution in [0.5, 0.6) is 11.5 Å². The molecule has 0 aliphatic rings. The standard InChI is InChI=1S/C15H17NO/c1-3-12(2)13-4-6-14(7-5-13)17-15-8-10-16-11-9-15/h4-12H,3H2,1-2H3. The summed E-state index contributed by atoms with van der Waals surface area (Å²) < 4.78 is 5.71. The third-order valence-corrected chi connectivity index (χ3v) is 2.95. The average molecular weight is 227 g/mol. The molecule has 2 nitrogen and oxygen atoms in total. The van der Waals surface area contributed by atoms with Crippen molar-refractivity contribution in [3.8, 4) is 11.5 Å². The molecule has 1 aromatic carbocycles. The Kier molecular flexibility index (Phi) is 3.76. The van der Waals surface area contributed by atoms with Gasteiger partial charge in [-0.25, -0.2) is 0 Å². The summed E-state index contributed by atoms with van der Waals surface area (Å²) in [4.78, 5) is 3.96. The smallest absolute Gasteiger partial charge is 0.130 e. The van der Waals surface area contributed by atoms with Crippen molar-refractivity contribution in [1.82, 2.24) is 4.98 Å². The van der Waals surface area contributed by atoms with Crippen LogP contribution in [0.1, 0.15) is 31.7 Å². The maximum atomic E-state index is 5.71. The van der Waals surface area contributed by atoms with Crippen molar-refractivity contribution in [1.29, 1.82) is 0 Å². The molecular weight excluding hydrogens is 210 g/mol. The van der Waals surface area contributed by atoms with E-state index in [0.717, 1.165) is 17.9 Å². The van der Waals surface area contributed by atoms with Gasteiger partial charge in [0.15, 0.2) is 0 Å². The summed E-state index contributed by atoms with van der Waals surface area (Å²) >= 11 is 0. The molecule has 0 aliphatic carbocycles. The molecule has 0 saturated carbocycles. The highest BCUT2D eigenvalue weighted by atomic mass is 16.5. The van der Waals surface area contributed by atoms with E-state index in [9.17, 15) is 0 Å². The van der Waals surface area contributed by atoms with Gasteiger partial charge in [0.1, 0.15) is 11.5 Å². The van der Waals surface area contributed by atoms with Crippen molar-refractivity contribution in [3.05, 3.63) is 54.4 Å². The maximum absolute atomic E-state index is 5.71. The fourth-order valence-electron chi connectivity index (χ4n) is 1.64. The SMILES string of the molecule is CCC(C)c1ccc(Oc2ccncc2)cc1. The Labute approximate surface area is 102 Å². The van der Waals surface area contributed by atoms with Crippen molar-refractivity contribution >= 4 is 0 Å². The minimum Gasteiger partial charge on any atom is -0.457 e. The summed E-state index contributed by atoms with van der Waals surface area (Å²) in [6, 6.07) is 12.0. The predicted octanol–water partition coefficient (Wildman–Crippen LogP) is 4.39. The lowest BCUT2D eigenvalue weighted by Crippen LogP contribution is -1.91. The van der Waals surface area contributed by atoms with E-state index in [1.165, 1.54) is 5.56 Å². The molecule has 0 bridgehead atoms. The van der Waals surface area contributed by atoms with Gasteiger partial charge < -0.3 is 4.74 Å². The topological polar surface area (TPSA) is 22.1 Å². The maximum Gasteiger partial charge on any atom is 0.130 e. The number of hydrogen-bond donors (Lipinski definition) is 0. The molecule has 0 spiro atoms. The van der Waals surface area contributed by atoms with Crippen molar-refractivity contribution < 1.29 is 4.74 Å². The van der Waals surface area contributed by atoms with E-state index in [1.54, 1.807) is 12.4 Å². The molecule has 1 heterocycles. The summed E-state index contributed by atoms with van der Waals surface area (Å²) in [7, 11) is 0. The van der Waals surface area contributed by atoms with E-state index in [4.69, 9.17) is 4.74 Å². The summed E-state index contributed by atoms with van der Waals surface area (Å²) in [5.41, 5.74) is 1.36. The monoisotopic (exact) mass is 227 g/mol. The van der Waals surface area contributed by atoms with Crippen LogP contribution in [0.15, 0.2) is 48.8 Å². The largest absolute Gasteiger partial charge is 0.457 e. The fraction of sp³-hybridized carbons (Fsp3) is 0.267. The van der Waals surface area contributed by atoms with Crippen LogP contribution in [0.2, 0.25) is 0 Å².